The smallest absolute Gasteiger partial charge is 0.273 e. The van der Waals surface area contributed by atoms with Crippen LogP contribution in [-0.4, -0.2) is 25.0 Å². The van der Waals surface area contributed by atoms with E-state index in [9.17, 15) is 9.59 Å². The monoisotopic (exact) mass is 490 g/mol. The summed E-state index contributed by atoms with van der Waals surface area (Å²) >= 11 is 3.37. The lowest BCUT2D eigenvalue weighted by Crippen LogP contribution is -2.41. The van der Waals surface area contributed by atoms with Gasteiger partial charge >= 0.3 is 0 Å². The zero-order valence-corrected chi connectivity index (χ0v) is 19.8. The second-order valence-electron chi connectivity index (χ2n) is 7.18. The normalized spacial score (nSPS) is 10.4. The van der Waals surface area contributed by atoms with Gasteiger partial charge < -0.3 is 9.47 Å². The van der Waals surface area contributed by atoms with Gasteiger partial charge in [0, 0.05) is 10.0 Å². The Morgan fingerprint density at radius 2 is 1.48 bits per heavy atom. The molecule has 0 bridgehead atoms. The SMILES string of the molecule is CCCCCCOc1ccc(C(=O)NNC(=O)c2cc(Br)ccc2OCCCC)cc1. The number of hydrogen-bond donors (Lipinski definition) is 2. The summed E-state index contributed by atoms with van der Waals surface area (Å²) in [6.45, 7) is 5.43. The van der Waals surface area contributed by atoms with Crippen molar-refractivity contribution < 1.29 is 19.1 Å². The topological polar surface area (TPSA) is 76.7 Å². The van der Waals surface area contributed by atoms with Crippen molar-refractivity contribution in [3.8, 4) is 11.5 Å². The van der Waals surface area contributed by atoms with E-state index in [0.29, 0.717) is 30.1 Å². The summed E-state index contributed by atoms with van der Waals surface area (Å²) in [6.07, 6.45) is 6.46. The van der Waals surface area contributed by atoms with Gasteiger partial charge in [0.2, 0.25) is 0 Å². The Morgan fingerprint density at radius 1 is 0.806 bits per heavy atom. The fraction of sp³-hybridized carbons (Fsp3) is 0.417. The Labute approximate surface area is 192 Å². The van der Waals surface area contributed by atoms with E-state index in [1.54, 1.807) is 36.4 Å². The van der Waals surface area contributed by atoms with Gasteiger partial charge in [-0.15, -0.1) is 0 Å². The van der Waals surface area contributed by atoms with Crippen molar-refractivity contribution in [3.63, 3.8) is 0 Å². The van der Waals surface area contributed by atoms with Gasteiger partial charge in [-0.1, -0.05) is 55.5 Å². The minimum atomic E-state index is -0.451. The Hall–Kier alpha value is -2.54. The summed E-state index contributed by atoms with van der Waals surface area (Å²) in [7, 11) is 0. The van der Waals surface area contributed by atoms with Crippen LogP contribution in [0.5, 0.6) is 11.5 Å². The third kappa shape index (κ3) is 8.61. The van der Waals surface area contributed by atoms with Crippen molar-refractivity contribution in [2.75, 3.05) is 13.2 Å². The molecular formula is C24H31BrN2O4. The zero-order valence-electron chi connectivity index (χ0n) is 18.2. The highest BCUT2D eigenvalue weighted by Crippen LogP contribution is 2.23. The van der Waals surface area contributed by atoms with E-state index in [-0.39, 0.29) is 0 Å². The first-order valence-corrected chi connectivity index (χ1v) is 11.6. The van der Waals surface area contributed by atoms with Gasteiger partial charge in [0.1, 0.15) is 11.5 Å². The molecule has 0 aliphatic heterocycles. The minimum Gasteiger partial charge on any atom is -0.494 e. The molecule has 0 atom stereocenters. The van der Waals surface area contributed by atoms with E-state index in [1.807, 2.05) is 6.07 Å². The van der Waals surface area contributed by atoms with Gasteiger partial charge in [0.25, 0.3) is 11.8 Å². The Morgan fingerprint density at radius 3 is 2.19 bits per heavy atom. The first-order chi connectivity index (χ1) is 15.0. The van der Waals surface area contributed by atoms with Crippen LogP contribution in [0, 0.1) is 0 Å². The number of carbonyl (C=O) groups is 2. The maximum Gasteiger partial charge on any atom is 0.273 e. The largest absolute Gasteiger partial charge is 0.494 e. The van der Waals surface area contributed by atoms with Gasteiger partial charge in [0.15, 0.2) is 0 Å². The molecule has 168 valence electrons. The Kier molecular flexibility index (Phi) is 10.9. The van der Waals surface area contributed by atoms with E-state index >= 15 is 0 Å². The van der Waals surface area contributed by atoms with E-state index in [1.165, 1.54) is 12.8 Å². The summed E-state index contributed by atoms with van der Waals surface area (Å²) in [6, 6.07) is 12.1. The van der Waals surface area contributed by atoms with Crippen LogP contribution in [0.25, 0.3) is 0 Å². The van der Waals surface area contributed by atoms with Crippen molar-refractivity contribution in [1.29, 1.82) is 0 Å². The summed E-state index contributed by atoms with van der Waals surface area (Å²) in [5.74, 6) is 0.336. The van der Waals surface area contributed by atoms with Crippen molar-refractivity contribution in [2.45, 2.75) is 52.4 Å². The maximum absolute atomic E-state index is 12.6. The molecule has 2 amide bonds. The molecular weight excluding hydrogens is 460 g/mol. The molecule has 0 saturated heterocycles. The second-order valence-corrected chi connectivity index (χ2v) is 8.10. The Bertz CT molecular complexity index is 840. The zero-order chi connectivity index (χ0) is 22.5. The molecule has 31 heavy (non-hydrogen) atoms. The summed E-state index contributed by atoms with van der Waals surface area (Å²) in [5.41, 5.74) is 5.67. The van der Waals surface area contributed by atoms with Crippen LogP contribution in [0.2, 0.25) is 0 Å². The summed E-state index contributed by atoms with van der Waals surface area (Å²) in [4.78, 5) is 25.0. The number of benzene rings is 2. The van der Waals surface area contributed by atoms with Gasteiger partial charge in [0.05, 0.1) is 18.8 Å². The number of hydrazine groups is 1. The van der Waals surface area contributed by atoms with Crippen molar-refractivity contribution in [2.24, 2.45) is 0 Å². The number of rotatable bonds is 12. The van der Waals surface area contributed by atoms with Crippen LogP contribution in [0.3, 0.4) is 0 Å². The predicted molar refractivity (Wildman–Crippen MR) is 126 cm³/mol. The second kappa shape index (κ2) is 13.7. The van der Waals surface area contributed by atoms with Gasteiger partial charge in [-0.25, -0.2) is 0 Å². The van der Waals surface area contributed by atoms with Gasteiger partial charge in [-0.2, -0.15) is 0 Å². The maximum atomic E-state index is 12.6. The molecule has 0 radical (unpaired) electrons. The van der Waals surface area contributed by atoms with Crippen LogP contribution in [0.1, 0.15) is 73.1 Å². The number of nitrogens with one attached hydrogen (secondary N) is 2. The molecule has 0 unspecified atom stereocenters. The van der Waals surface area contributed by atoms with Crippen molar-refractivity contribution in [3.05, 3.63) is 58.1 Å². The molecule has 0 aliphatic carbocycles. The lowest BCUT2D eigenvalue weighted by atomic mass is 10.2. The molecule has 2 rings (SSSR count). The minimum absolute atomic E-state index is 0.345. The molecule has 6 nitrogen and oxygen atoms in total. The van der Waals surface area contributed by atoms with Crippen LogP contribution in [0.4, 0.5) is 0 Å². The van der Waals surface area contributed by atoms with Gasteiger partial charge in [-0.3, -0.25) is 20.4 Å². The summed E-state index contributed by atoms with van der Waals surface area (Å²) in [5, 5.41) is 0. The number of halogens is 1. The fourth-order valence-electron chi connectivity index (χ4n) is 2.81. The lowest BCUT2D eigenvalue weighted by molar-refractivity contribution is 0.0844. The first-order valence-electron chi connectivity index (χ1n) is 10.8. The van der Waals surface area contributed by atoms with Crippen LogP contribution in [0.15, 0.2) is 46.9 Å². The highest BCUT2D eigenvalue weighted by Gasteiger charge is 2.15. The van der Waals surface area contributed by atoms with Crippen LogP contribution in [-0.2, 0) is 0 Å². The van der Waals surface area contributed by atoms with E-state index < -0.39 is 11.8 Å². The molecule has 2 aromatic rings. The molecule has 7 heteroatoms. The molecule has 0 aliphatic rings. The third-order valence-electron chi connectivity index (χ3n) is 4.61. The van der Waals surface area contributed by atoms with Crippen molar-refractivity contribution in [1.82, 2.24) is 10.9 Å². The molecule has 2 aromatic carbocycles. The van der Waals surface area contributed by atoms with E-state index in [0.717, 1.165) is 35.9 Å². The lowest BCUT2D eigenvalue weighted by Gasteiger charge is -2.13. The predicted octanol–water partition coefficient (Wildman–Crippen LogP) is 5.66. The molecule has 0 fully saturated rings. The standard InChI is InChI=1S/C24H31BrN2O4/c1-3-5-7-8-16-30-20-12-9-18(10-13-20)23(28)26-27-24(29)21-17-19(25)11-14-22(21)31-15-6-4-2/h9-14,17H,3-8,15-16H2,1-2H3,(H,26,28)(H,27,29). The highest BCUT2D eigenvalue weighted by atomic mass is 79.9. The quantitative estimate of drug-likeness (QED) is 0.297. The molecule has 0 saturated carbocycles. The first kappa shape index (κ1) is 24.7. The molecule has 2 N–H and O–H groups in total. The van der Waals surface area contributed by atoms with Crippen LogP contribution >= 0.6 is 15.9 Å². The number of ether oxygens (including phenoxy) is 2. The molecule has 0 spiro atoms. The third-order valence-corrected chi connectivity index (χ3v) is 5.11. The number of amides is 2. The number of hydrogen-bond acceptors (Lipinski definition) is 4. The number of unbranched alkanes of at least 4 members (excludes halogenated alkanes) is 4. The fourth-order valence-corrected chi connectivity index (χ4v) is 3.17. The van der Waals surface area contributed by atoms with E-state index in [4.69, 9.17) is 9.47 Å². The average molecular weight is 491 g/mol. The molecule has 0 heterocycles. The van der Waals surface area contributed by atoms with Crippen LogP contribution < -0.4 is 20.3 Å². The molecule has 0 aromatic heterocycles. The van der Waals surface area contributed by atoms with E-state index in [2.05, 4.69) is 40.6 Å². The van der Waals surface area contributed by atoms with Gasteiger partial charge in [-0.05, 0) is 55.3 Å². The number of carbonyl (C=O) groups excluding carboxylic acids is 2. The Balaban J connectivity index is 1.88. The summed E-state index contributed by atoms with van der Waals surface area (Å²) < 4.78 is 12.1. The highest BCUT2D eigenvalue weighted by molar-refractivity contribution is 9.10. The average Bonchev–Trinajstić information content (AvgIpc) is 2.78. The van der Waals surface area contributed by atoms with Crippen molar-refractivity contribution >= 4 is 27.7 Å².